The lowest BCUT2D eigenvalue weighted by Gasteiger charge is -2.42. The lowest BCUT2D eigenvalue weighted by molar-refractivity contribution is -0.0547. The quantitative estimate of drug-likeness (QED) is 0.427. The van der Waals surface area contributed by atoms with E-state index in [0.29, 0.717) is 27.7 Å². The highest BCUT2D eigenvalue weighted by Gasteiger charge is 2.41. The molecule has 1 N–H and O–H groups in total. The van der Waals surface area contributed by atoms with Gasteiger partial charge in [0.1, 0.15) is 11.6 Å². The highest BCUT2D eigenvalue weighted by atomic mass is 79.9. The van der Waals surface area contributed by atoms with E-state index in [1.54, 1.807) is 23.1 Å². The van der Waals surface area contributed by atoms with Crippen LogP contribution in [-0.4, -0.2) is 28.4 Å². The summed E-state index contributed by atoms with van der Waals surface area (Å²) in [6, 6.07) is 8.17. The van der Waals surface area contributed by atoms with Crippen LogP contribution >= 0.6 is 15.9 Å². The molecule has 4 rings (SSSR count). The van der Waals surface area contributed by atoms with E-state index < -0.39 is 24.3 Å². The number of rotatable bonds is 4. The van der Waals surface area contributed by atoms with Crippen molar-refractivity contribution in [3.63, 3.8) is 0 Å². The number of aromatic nitrogens is 1. The zero-order chi connectivity index (χ0) is 20.9. The molecule has 0 bridgehead atoms. The van der Waals surface area contributed by atoms with Crippen LogP contribution in [0.1, 0.15) is 43.1 Å². The van der Waals surface area contributed by atoms with Crippen LogP contribution in [0.5, 0.6) is 0 Å². The van der Waals surface area contributed by atoms with Crippen molar-refractivity contribution in [3.05, 3.63) is 69.3 Å². The smallest absolute Gasteiger partial charge is 0.260 e. The van der Waals surface area contributed by atoms with Gasteiger partial charge >= 0.3 is 0 Å². The molecule has 1 aliphatic rings. The van der Waals surface area contributed by atoms with Gasteiger partial charge in [0.25, 0.3) is 5.92 Å². The number of hydrogen-bond donors (Lipinski definition) is 1. The van der Waals surface area contributed by atoms with E-state index in [4.69, 9.17) is 0 Å². The van der Waals surface area contributed by atoms with Gasteiger partial charge in [0.15, 0.2) is 0 Å². The fourth-order valence-electron chi connectivity index (χ4n) is 4.22. The number of halogens is 5. The summed E-state index contributed by atoms with van der Waals surface area (Å²) in [5.74, 6) is -3.75. The summed E-state index contributed by atoms with van der Waals surface area (Å²) < 4.78 is 58.1. The van der Waals surface area contributed by atoms with Crippen molar-refractivity contribution in [1.82, 2.24) is 9.88 Å². The van der Waals surface area contributed by atoms with E-state index in [-0.39, 0.29) is 18.3 Å². The molecule has 2 aromatic carbocycles. The fraction of sp³-hybridized carbons (Fsp3) is 0.364. The van der Waals surface area contributed by atoms with Crippen LogP contribution in [0.15, 0.2) is 40.9 Å². The van der Waals surface area contributed by atoms with Crippen LogP contribution in [0.3, 0.4) is 0 Å². The van der Waals surface area contributed by atoms with Crippen molar-refractivity contribution in [2.45, 2.75) is 44.7 Å². The Morgan fingerprint density at radius 2 is 1.93 bits per heavy atom. The van der Waals surface area contributed by atoms with Crippen LogP contribution in [0.25, 0.3) is 10.9 Å². The molecule has 0 aliphatic carbocycles. The van der Waals surface area contributed by atoms with Crippen LogP contribution < -0.4 is 0 Å². The second-order valence-electron chi connectivity index (χ2n) is 7.71. The third-order valence-electron chi connectivity index (χ3n) is 5.76. The largest absolute Gasteiger partial charge is 0.356 e. The number of nitrogens with zero attached hydrogens (tertiary/aromatic N) is 1. The monoisotopic (exact) mass is 468 g/mol. The molecular weight excluding hydrogens is 448 g/mol. The Hall–Kier alpha value is -1.86. The number of aromatic amines is 1. The molecule has 2 nitrogen and oxygen atoms in total. The van der Waals surface area contributed by atoms with Crippen LogP contribution in [0.4, 0.5) is 17.6 Å². The van der Waals surface area contributed by atoms with Gasteiger partial charge in [-0.25, -0.2) is 17.6 Å². The standard InChI is InChI=1S/C22H21BrF4N2/c1-3-22(26,27)11-29-12(2)8-17-15-7-5-14(24)10-19(15)28-20(17)21(29)16-6-4-13(23)9-18(16)25/h4-7,9-10,12,21,28H,3,8,11H2,1-2H3. The minimum atomic E-state index is -2.89. The number of fused-ring (bicyclic) bond motifs is 3. The van der Waals surface area contributed by atoms with Crippen molar-refractivity contribution in [1.29, 1.82) is 0 Å². The van der Waals surface area contributed by atoms with E-state index in [2.05, 4.69) is 20.9 Å². The van der Waals surface area contributed by atoms with Gasteiger partial charge in [-0.05, 0) is 49.2 Å². The van der Waals surface area contributed by atoms with Gasteiger partial charge in [-0.15, -0.1) is 0 Å². The summed E-state index contributed by atoms with van der Waals surface area (Å²) in [4.78, 5) is 4.85. The molecule has 154 valence electrons. The average Bonchev–Trinajstić information content (AvgIpc) is 3.00. The second kappa shape index (κ2) is 7.43. The van der Waals surface area contributed by atoms with Gasteiger partial charge in [-0.3, -0.25) is 4.90 Å². The zero-order valence-electron chi connectivity index (χ0n) is 16.1. The summed E-state index contributed by atoms with van der Waals surface area (Å²) in [5.41, 5.74) is 2.49. The molecular formula is C22H21BrF4N2. The molecule has 3 aromatic rings. The first kappa shape index (κ1) is 20.4. The third kappa shape index (κ3) is 3.70. The van der Waals surface area contributed by atoms with Gasteiger partial charge in [0.05, 0.1) is 12.6 Å². The maximum absolute atomic E-state index is 14.9. The minimum Gasteiger partial charge on any atom is -0.356 e. The third-order valence-corrected chi connectivity index (χ3v) is 6.25. The van der Waals surface area contributed by atoms with Crippen LogP contribution in [-0.2, 0) is 6.42 Å². The topological polar surface area (TPSA) is 19.0 Å². The molecule has 1 aliphatic heterocycles. The van der Waals surface area contributed by atoms with Gasteiger partial charge in [0, 0.05) is 39.1 Å². The lowest BCUT2D eigenvalue weighted by Crippen LogP contribution is -2.48. The molecule has 2 atom stereocenters. The minimum absolute atomic E-state index is 0.239. The zero-order valence-corrected chi connectivity index (χ0v) is 17.7. The fourth-order valence-corrected chi connectivity index (χ4v) is 4.55. The van der Waals surface area contributed by atoms with E-state index in [1.807, 2.05) is 6.92 Å². The normalized spacial score (nSPS) is 20.2. The molecule has 0 spiro atoms. The molecule has 2 unspecified atom stereocenters. The maximum Gasteiger partial charge on any atom is 0.260 e. The molecule has 0 fully saturated rings. The molecule has 1 aromatic heterocycles. The highest BCUT2D eigenvalue weighted by molar-refractivity contribution is 9.10. The van der Waals surface area contributed by atoms with Crippen LogP contribution in [0, 0.1) is 11.6 Å². The first-order valence-electron chi connectivity index (χ1n) is 9.58. The SMILES string of the molecule is CCC(F)(F)CN1C(C)Cc2c([nH]c3cc(F)ccc23)C1c1ccc(Br)cc1F. The first-order chi connectivity index (χ1) is 13.7. The predicted molar refractivity (Wildman–Crippen MR) is 109 cm³/mol. The Balaban J connectivity index is 1.93. The molecule has 0 saturated carbocycles. The molecule has 2 heterocycles. The number of hydrogen-bond acceptors (Lipinski definition) is 1. The number of H-pyrrole nitrogens is 1. The summed E-state index contributed by atoms with van der Waals surface area (Å²) in [6.07, 6.45) is 0.228. The second-order valence-corrected chi connectivity index (χ2v) is 8.63. The van der Waals surface area contributed by atoms with Gasteiger partial charge < -0.3 is 4.98 Å². The van der Waals surface area contributed by atoms with E-state index in [9.17, 15) is 17.6 Å². The molecule has 7 heteroatoms. The van der Waals surface area contributed by atoms with Crippen molar-refractivity contribution < 1.29 is 17.6 Å². The first-order valence-corrected chi connectivity index (χ1v) is 10.4. The lowest BCUT2D eigenvalue weighted by atomic mass is 9.88. The Morgan fingerprint density at radius 1 is 1.17 bits per heavy atom. The van der Waals surface area contributed by atoms with Gasteiger partial charge in [-0.1, -0.05) is 28.9 Å². The summed E-state index contributed by atoms with van der Waals surface area (Å²) >= 11 is 3.25. The Kier molecular flexibility index (Phi) is 5.23. The number of benzene rings is 2. The average molecular weight is 469 g/mol. The predicted octanol–water partition coefficient (Wildman–Crippen LogP) is 6.59. The van der Waals surface area contributed by atoms with Crippen molar-refractivity contribution in [2.24, 2.45) is 0 Å². The van der Waals surface area contributed by atoms with Crippen molar-refractivity contribution in [2.75, 3.05) is 6.54 Å². The number of nitrogens with one attached hydrogen (secondary N) is 1. The Bertz CT molecular complexity index is 1060. The maximum atomic E-state index is 14.9. The Labute approximate surface area is 175 Å². The van der Waals surface area contributed by atoms with Gasteiger partial charge in [-0.2, -0.15) is 0 Å². The summed E-state index contributed by atoms with van der Waals surface area (Å²) in [6.45, 7) is 2.84. The van der Waals surface area contributed by atoms with E-state index in [0.717, 1.165) is 10.9 Å². The van der Waals surface area contributed by atoms with E-state index >= 15 is 0 Å². The molecule has 0 radical (unpaired) electrons. The molecule has 0 amide bonds. The molecule has 29 heavy (non-hydrogen) atoms. The number of alkyl halides is 2. The van der Waals surface area contributed by atoms with E-state index in [1.165, 1.54) is 25.1 Å². The highest BCUT2D eigenvalue weighted by Crippen LogP contribution is 2.43. The summed E-state index contributed by atoms with van der Waals surface area (Å²) in [5, 5.41) is 0.845. The van der Waals surface area contributed by atoms with Crippen molar-refractivity contribution in [3.8, 4) is 0 Å². The molecule has 0 saturated heterocycles. The summed E-state index contributed by atoms with van der Waals surface area (Å²) in [7, 11) is 0. The van der Waals surface area contributed by atoms with Gasteiger partial charge in [0.2, 0.25) is 0 Å². The van der Waals surface area contributed by atoms with Crippen LogP contribution in [0.2, 0.25) is 0 Å². The Morgan fingerprint density at radius 3 is 2.62 bits per heavy atom. The van der Waals surface area contributed by atoms with Crippen molar-refractivity contribution >= 4 is 26.8 Å².